The van der Waals surface area contributed by atoms with E-state index in [1.807, 2.05) is 20.8 Å². The third-order valence-electron chi connectivity index (χ3n) is 2.82. The molecule has 0 bridgehead atoms. The summed E-state index contributed by atoms with van der Waals surface area (Å²) in [6.07, 6.45) is -0.336. The molecule has 0 aliphatic carbocycles. The maximum absolute atomic E-state index is 12.0. The number of hydrogen-bond donors (Lipinski definition) is 1. The van der Waals surface area contributed by atoms with Gasteiger partial charge in [-0.25, -0.2) is 9.78 Å². The van der Waals surface area contributed by atoms with E-state index in [9.17, 15) is 9.59 Å². The molecule has 1 aliphatic rings. The van der Waals surface area contributed by atoms with Crippen molar-refractivity contribution in [1.29, 1.82) is 0 Å². The summed E-state index contributed by atoms with van der Waals surface area (Å²) in [5.41, 5.74) is 1.89. The van der Waals surface area contributed by atoms with Crippen LogP contribution in [0.5, 0.6) is 0 Å². The fraction of sp³-hybridized carbons (Fsp3) is 0.615. The number of carbonyl (C=O) groups excluding carboxylic acids is 2. The number of thiazole rings is 1. The van der Waals surface area contributed by atoms with Gasteiger partial charge in [0.05, 0.1) is 17.2 Å². The minimum absolute atomic E-state index is 0.0171. The molecule has 0 atom stereocenters. The zero-order valence-electron chi connectivity index (χ0n) is 12.1. The fourth-order valence-corrected chi connectivity index (χ4v) is 2.52. The van der Waals surface area contributed by atoms with E-state index in [4.69, 9.17) is 4.74 Å². The molecule has 1 aliphatic heterocycles. The molecule has 0 saturated carbocycles. The molecule has 0 unspecified atom stereocenters. The van der Waals surface area contributed by atoms with Crippen LogP contribution >= 0.6 is 11.3 Å². The van der Waals surface area contributed by atoms with E-state index in [0.29, 0.717) is 18.0 Å². The SMILES string of the molecule is Cc1ncsc1C(=O)NC1CN(C(=O)OC(C)(C)C)C1. The van der Waals surface area contributed by atoms with E-state index in [1.54, 1.807) is 17.3 Å². The zero-order valence-corrected chi connectivity index (χ0v) is 12.9. The molecule has 2 heterocycles. The second kappa shape index (κ2) is 5.40. The third-order valence-corrected chi connectivity index (χ3v) is 3.75. The first-order valence-electron chi connectivity index (χ1n) is 6.45. The number of likely N-dealkylation sites (tertiary alicyclic amines) is 1. The second-order valence-electron chi connectivity index (χ2n) is 5.82. The van der Waals surface area contributed by atoms with E-state index >= 15 is 0 Å². The lowest BCUT2D eigenvalue weighted by atomic mass is 10.1. The fourth-order valence-electron chi connectivity index (χ4n) is 1.82. The van der Waals surface area contributed by atoms with E-state index in [0.717, 1.165) is 5.69 Å². The molecule has 2 amide bonds. The van der Waals surface area contributed by atoms with Crippen molar-refractivity contribution in [3.8, 4) is 0 Å². The summed E-state index contributed by atoms with van der Waals surface area (Å²) in [6.45, 7) is 8.26. The van der Waals surface area contributed by atoms with Crippen molar-refractivity contribution >= 4 is 23.3 Å². The van der Waals surface area contributed by atoms with Gasteiger partial charge in [-0.15, -0.1) is 11.3 Å². The van der Waals surface area contributed by atoms with Crippen molar-refractivity contribution in [2.75, 3.05) is 13.1 Å². The van der Waals surface area contributed by atoms with Gasteiger partial charge in [0.2, 0.25) is 0 Å². The predicted octanol–water partition coefficient (Wildman–Crippen LogP) is 1.80. The van der Waals surface area contributed by atoms with Gasteiger partial charge in [-0.2, -0.15) is 0 Å². The van der Waals surface area contributed by atoms with Gasteiger partial charge >= 0.3 is 6.09 Å². The van der Waals surface area contributed by atoms with Crippen molar-refractivity contribution < 1.29 is 14.3 Å². The van der Waals surface area contributed by atoms with Crippen LogP contribution in [0.1, 0.15) is 36.1 Å². The summed E-state index contributed by atoms with van der Waals surface area (Å²) in [6, 6.07) is -0.0171. The Morgan fingerprint density at radius 1 is 1.45 bits per heavy atom. The standard InChI is InChI=1S/C13H19N3O3S/c1-8-10(20-7-14-8)11(17)15-9-5-16(6-9)12(18)19-13(2,3)4/h7,9H,5-6H2,1-4H3,(H,15,17). The molecule has 1 aromatic rings. The van der Waals surface area contributed by atoms with Crippen LogP contribution in [0.15, 0.2) is 5.51 Å². The molecule has 1 N–H and O–H groups in total. The van der Waals surface area contributed by atoms with Gasteiger partial charge in [-0.05, 0) is 27.7 Å². The molecule has 0 radical (unpaired) electrons. The lowest BCUT2D eigenvalue weighted by molar-refractivity contribution is 0.00534. The van der Waals surface area contributed by atoms with Gasteiger partial charge in [-0.1, -0.05) is 0 Å². The Kier molecular flexibility index (Phi) is 3.99. The Balaban J connectivity index is 1.79. The van der Waals surface area contributed by atoms with Crippen molar-refractivity contribution in [3.05, 3.63) is 16.1 Å². The summed E-state index contributed by atoms with van der Waals surface area (Å²) in [4.78, 5) is 29.9. The number of nitrogens with one attached hydrogen (secondary N) is 1. The van der Waals surface area contributed by atoms with E-state index < -0.39 is 5.60 Å². The number of aryl methyl sites for hydroxylation is 1. The Morgan fingerprint density at radius 2 is 2.10 bits per heavy atom. The number of aromatic nitrogens is 1. The maximum atomic E-state index is 12.0. The number of nitrogens with zero attached hydrogens (tertiary/aromatic N) is 2. The molecule has 2 rings (SSSR count). The number of rotatable bonds is 2. The van der Waals surface area contributed by atoms with Crippen LogP contribution < -0.4 is 5.32 Å². The van der Waals surface area contributed by atoms with Crippen molar-refractivity contribution in [3.63, 3.8) is 0 Å². The highest BCUT2D eigenvalue weighted by Gasteiger charge is 2.34. The summed E-state index contributed by atoms with van der Waals surface area (Å²) in [5, 5.41) is 2.89. The first kappa shape index (κ1) is 14.8. The van der Waals surface area contributed by atoms with Crippen LogP contribution in [0, 0.1) is 6.92 Å². The Morgan fingerprint density at radius 3 is 2.60 bits per heavy atom. The summed E-state index contributed by atoms with van der Waals surface area (Å²) >= 11 is 1.32. The van der Waals surface area contributed by atoms with Crippen LogP contribution in [-0.4, -0.2) is 46.6 Å². The summed E-state index contributed by atoms with van der Waals surface area (Å²) in [5.74, 6) is -0.126. The first-order valence-corrected chi connectivity index (χ1v) is 7.33. The molecular weight excluding hydrogens is 278 g/mol. The molecule has 1 saturated heterocycles. The van der Waals surface area contributed by atoms with Crippen LogP contribution in [0.25, 0.3) is 0 Å². The summed E-state index contributed by atoms with van der Waals surface area (Å²) < 4.78 is 5.25. The lowest BCUT2D eigenvalue weighted by Crippen LogP contribution is -2.61. The molecule has 110 valence electrons. The van der Waals surface area contributed by atoms with Gasteiger partial charge in [0.25, 0.3) is 5.91 Å². The highest BCUT2D eigenvalue weighted by atomic mass is 32.1. The van der Waals surface area contributed by atoms with Crippen LogP contribution in [0.3, 0.4) is 0 Å². The normalized spacial score (nSPS) is 15.7. The quantitative estimate of drug-likeness (QED) is 0.903. The predicted molar refractivity (Wildman–Crippen MR) is 75.9 cm³/mol. The van der Waals surface area contributed by atoms with Crippen molar-refractivity contribution in [1.82, 2.24) is 15.2 Å². The number of ether oxygens (including phenoxy) is 1. The Labute approximate surface area is 122 Å². The first-order chi connectivity index (χ1) is 9.26. The molecule has 1 fully saturated rings. The summed E-state index contributed by atoms with van der Waals surface area (Å²) in [7, 11) is 0. The second-order valence-corrected chi connectivity index (χ2v) is 6.68. The lowest BCUT2D eigenvalue weighted by Gasteiger charge is -2.39. The van der Waals surface area contributed by atoms with E-state index in [1.165, 1.54) is 11.3 Å². The molecule has 6 nitrogen and oxygen atoms in total. The number of carbonyl (C=O) groups is 2. The smallest absolute Gasteiger partial charge is 0.410 e. The molecule has 20 heavy (non-hydrogen) atoms. The van der Waals surface area contributed by atoms with E-state index in [2.05, 4.69) is 10.3 Å². The topological polar surface area (TPSA) is 71.5 Å². The Bertz CT molecular complexity index is 515. The minimum Gasteiger partial charge on any atom is -0.444 e. The van der Waals surface area contributed by atoms with Gasteiger partial charge in [0.15, 0.2) is 0 Å². The van der Waals surface area contributed by atoms with Crippen LogP contribution in [0.4, 0.5) is 4.79 Å². The molecule has 0 spiro atoms. The molecule has 7 heteroatoms. The minimum atomic E-state index is -0.495. The van der Waals surface area contributed by atoms with Crippen LogP contribution in [-0.2, 0) is 4.74 Å². The molecule has 0 aromatic carbocycles. The maximum Gasteiger partial charge on any atom is 0.410 e. The molecule has 1 aromatic heterocycles. The molecular formula is C13H19N3O3S. The van der Waals surface area contributed by atoms with Gasteiger partial charge in [0, 0.05) is 13.1 Å². The number of amides is 2. The monoisotopic (exact) mass is 297 g/mol. The van der Waals surface area contributed by atoms with Crippen LogP contribution in [0.2, 0.25) is 0 Å². The third kappa shape index (κ3) is 3.47. The van der Waals surface area contributed by atoms with Gasteiger partial charge in [0.1, 0.15) is 10.5 Å². The number of hydrogen-bond acceptors (Lipinski definition) is 5. The highest BCUT2D eigenvalue weighted by molar-refractivity contribution is 7.11. The van der Waals surface area contributed by atoms with Gasteiger partial charge in [-0.3, -0.25) is 4.79 Å². The Hall–Kier alpha value is -1.63. The van der Waals surface area contributed by atoms with Gasteiger partial charge < -0.3 is 15.0 Å². The average molecular weight is 297 g/mol. The van der Waals surface area contributed by atoms with Crippen molar-refractivity contribution in [2.45, 2.75) is 39.3 Å². The highest BCUT2D eigenvalue weighted by Crippen LogP contribution is 2.17. The zero-order chi connectivity index (χ0) is 14.9. The van der Waals surface area contributed by atoms with E-state index in [-0.39, 0.29) is 18.0 Å². The largest absolute Gasteiger partial charge is 0.444 e. The van der Waals surface area contributed by atoms with Crippen molar-refractivity contribution in [2.24, 2.45) is 0 Å². The average Bonchev–Trinajstić information content (AvgIpc) is 2.66.